The van der Waals surface area contributed by atoms with Crippen molar-refractivity contribution in [1.82, 2.24) is 14.9 Å². The molecule has 0 radical (unpaired) electrons. The fourth-order valence-corrected chi connectivity index (χ4v) is 3.48. The van der Waals surface area contributed by atoms with Gasteiger partial charge in [-0.3, -0.25) is 4.79 Å². The van der Waals surface area contributed by atoms with E-state index in [2.05, 4.69) is 35.6 Å². The number of imidazole rings is 1. The van der Waals surface area contributed by atoms with E-state index in [1.54, 1.807) is 6.20 Å². The summed E-state index contributed by atoms with van der Waals surface area (Å²) in [5, 5.41) is 0. The van der Waals surface area contributed by atoms with Crippen LogP contribution in [0, 0.1) is 11.8 Å². The molecule has 1 saturated heterocycles. The Labute approximate surface area is 142 Å². The molecule has 0 unspecified atom stereocenters. The van der Waals surface area contributed by atoms with Gasteiger partial charge in [0.15, 0.2) is 0 Å². The second-order valence-corrected chi connectivity index (χ2v) is 7.12. The lowest BCUT2D eigenvalue weighted by atomic mass is 10.1. The summed E-state index contributed by atoms with van der Waals surface area (Å²) in [6.07, 6.45) is 2.84. The molecule has 124 valence electrons. The van der Waals surface area contributed by atoms with Crippen LogP contribution in [0.5, 0.6) is 0 Å². The number of halogens is 1. The predicted molar refractivity (Wildman–Crippen MR) is 87.1 cm³/mol. The molecule has 0 spiro atoms. The normalized spacial score (nSPS) is 26.4. The molecule has 2 amide bonds. The number of fused-ring (bicyclic) bond motifs is 1. The molecule has 1 saturated carbocycles. The van der Waals surface area contributed by atoms with Crippen molar-refractivity contribution in [3.05, 3.63) is 16.6 Å². The molecule has 2 heterocycles. The highest BCUT2D eigenvalue weighted by molar-refractivity contribution is 9.10. The molecule has 8 heteroatoms. The van der Waals surface area contributed by atoms with Crippen molar-refractivity contribution in [3.63, 3.8) is 0 Å². The SMILES string of the molecule is COC(=O)N=C(C(=O)N1[C@H](c2ncc(Br)[nH]2)C[C@@H]2C[C@@H]21)C(C)C. The van der Waals surface area contributed by atoms with Crippen LogP contribution in [0.1, 0.15) is 38.6 Å². The summed E-state index contributed by atoms with van der Waals surface area (Å²) in [5.41, 5.74) is 0.236. The number of carbonyl (C=O) groups is 2. The maximum Gasteiger partial charge on any atom is 0.433 e. The Balaban J connectivity index is 1.89. The number of nitrogens with zero attached hydrogens (tertiary/aromatic N) is 3. The quantitative estimate of drug-likeness (QED) is 0.813. The molecule has 23 heavy (non-hydrogen) atoms. The first kappa shape index (κ1) is 16.2. The number of rotatable bonds is 3. The molecule has 3 rings (SSSR count). The number of likely N-dealkylation sites (tertiary alicyclic amines) is 1. The number of methoxy groups -OCH3 is 1. The van der Waals surface area contributed by atoms with E-state index in [0.29, 0.717) is 5.92 Å². The number of aliphatic imine (C=N–C) groups is 1. The van der Waals surface area contributed by atoms with Crippen LogP contribution >= 0.6 is 15.9 Å². The molecule has 1 aromatic rings. The number of aromatic amines is 1. The average molecular weight is 383 g/mol. The van der Waals surface area contributed by atoms with Gasteiger partial charge in [0.25, 0.3) is 5.91 Å². The van der Waals surface area contributed by atoms with Gasteiger partial charge in [0, 0.05) is 12.0 Å². The van der Waals surface area contributed by atoms with E-state index in [-0.39, 0.29) is 29.6 Å². The van der Waals surface area contributed by atoms with Gasteiger partial charge in [0.05, 0.1) is 19.3 Å². The van der Waals surface area contributed by atoms with Gasteiger partial charge in [-0.1, -0.05) is 13.8 Å². The van der Waals surface area contributed by atoms with Crippen LogP contribution in [0.4, 0.5) is 4.79 Å². The third kappa shape index (κ3) is 3.04. The van der Waals surface area contributed by atoms with Crippen LogP contribution in [-0.4, -0.2) is 45.7 Å². The van der Waals surface area contributed by atoms with Crippen molar-refractivity contribution in [3.8, 4) is 0 Å². The zero-order valence-corrected chi connectivity index (χ0v) is 14.8. The molecule has 0 aromatic carbocycles. The van der Waals surface area contributed by atoms with Gasteiger partial charge >= 0.3 is 6.09 Å². The second kappa shape index (κ2) is 6.07. The third-order valence-corrected chi connectivity index (χ3v) is 4.77. The second-order valence-electron chi connectivity index (χ2n) is 6.27. The minimum Gasteiger partial charge on any atom is -0.451 e. The standard InChI is InChI=1S/C15H19BrN4O3/c1-7(2)12(19-15(22)23-3)14(21)20-9-4-8(9)5-10(20)13-17-6-11(16)18-13/h6-10H,4-5H2,1-3H3,(H,17,18)/t8-,9-,10-/m0/s1. The van der Waals surface area contributed by atoms with Crippen LogP contribution in [-0.2, 0) is 9.53 Å². The maximum absolute atomic E-state index is 13.0. The van der Waals surface area contributed by atoms with Crippen LogP contribution in [0.25, 0.3) is 0 Å². The Morgan fingerprint density at radius 2 is 2.22 bits per heavy atom. The molecule has 1 aliphatic heterocycles. The van der Waals surface area contributed by atoms with Gasteiger partial charge in [-0.25, -0.2) is 9.78 Å². The molecular weight excluding hydrogens is 364 g/mol. The van der Waals surface area contributed by atoms with E-state index >= 15 is 0 Å². The lowest BCUT2D eigenvalue weighted by Crippen LogP contribution is -2.41. The number of H-pyrrole nitrogens is 1. The summed E-state index contributed by atoms with van der Waals surface area (Å²) in [4.78, 5) is 37.7. The first-order valence-electron chi connectivity index (χ1n) is 7.62. The van der Waals surface area contributed by atoms with Crippen molar-refractivity contribution in [1.29, 1.82) is 0 Å². The van der Waals surface area contributed by atoms with E-state index in [4.69, 9.17) is 0 Å². The van der Waals surface area contributed by atoms with Crippen molar-refractivity contribution in [2.24, 2.45) is 16.8 Å². The molecule has 7 nitrogen and oxygen atoms in total. The van der Waals surface area contributed by atoms with Gasteiger partial charge in [-0.15, -0.1) is 0 Å². The largest absolute Gasteiger partial charge is 0.451 e. The minimum atomic E-state index is -0.745. The Morgan fingerprint density at radius 3 is 2.78 bits per heavy atom. The summed E-state index contributed by atoms with van der Waals surface area (Å²) in [5.74, 6) is 0.911. The number of amides is 2. The zero-order chi connectivity index (χ0) is 16.7. The molecule has 2 fully saturated rings. The van der Waals surface area contributed by atoms with E-state index in [1.807, 2.05) is 18.7 Å². The zero-order valence-electron chi connectivity index (χ0n) is 13.2. The van der Waals surface area contributed by atoms with E-state index < -0.39 is 6.09 Å². The van der Waals surface area contributed by atoms with Crippen molar-refractivity contribution < 1.29 is 14.3 Å². The molecule has 1 N–H and O–H groups in total. The highest BCUT2D eigenvalue weighted by Gasteiger charge is 2.55. The fraction of sp³-hybridized carbons (Fsp3) is 0.600. The van der Waals surface area contributed by atoms with Gasteiger partial charge in [-0.2, -0.15) is 4.99 Å². The van der Waals surface area contributed by atoms with E-state index in [9.17, 15) is 9.59 Å². The molecule has 1 aliphatic carbocycles. The highest BCUT2D eigenvalue weighted by Crippen LogP contribution is 2.53. The topological polar surface area (TPSA) is 87.7 Å². The van der Waals surface area contributed by atoms with Crippen LogP contribution in [0.15, 0.2) is 15.8 Å². The highest BCUT2D eigenvalue weighted by atomic mass is 79.9. The number of ether oxygens (including phenoxy) is 1. The summed E-state index contributed by atoms with van der Waals surface area (Å²) in [6, 6.07) is 0.122. The van der Waals surface area contributed by atoms with Gasteiger partial charge < -0.3 is 14.6 Å². The number of hydrogen-bond acceptors (Lipinski definition) is 4. The third-order valence-electron chi connectivity index (χ3n) is 4.37. The number of carbonyl (C=O) groups excluding carboxylic acids is 2. The van der Waals surface area contributed by atoms with Crippen molar-refractivity contribution in [2.45, 2.75) is 38.8 Å². The van der Waals surface area contributed by atoms with E-state index in [1.165, 1.54) is 7.11 Å². The molecular formula is C15H19BrN4O3. The molecule has 1 aromatic heterocycles. The smallest absolute Gasteiger partial charge is 0.433 e. The summed E-state index contributed by atoms with van der Waals surface area (Å²) < 4.78 is 5.36. The molecule has 3 atom stereocenters. The van der Waals surface area contributed by atoms with Crippen LogP contribution in [0.3, 0.4) is 0 Å². The first-order valence-corrected chi connectivity index (χ1v) is 8.41. The number of aromatic nitrogens is 2. The van der Waals surface area contributed by atoms with Crippen molar-refractivity contribution in [2.75, 3.05) is 7.11 Å². The summed E-state index contributed by atoms with van der Waals surface area (Å²) in [6.45, 7) is 3.69. The Kier molecular flexibility index (Phi) is 4.27. The Morgan fingerprint density at radius 1 is 1.48 bits per heavy atom. The van der Waals surface area contributed by atoms with Crippen LogP contribution in [0.2, 0.25) is 0 Å². The van der Waals surface area contributed by atoms with Gasteiger partial charge in [-0.05, 0) is 34.7 Å². The summed E-state index contributed by atoms with van der Waals surface area (Å²) in [7, 11) is 1.25. The fourth-order valence-electron chi connectivity index (χ4n) is 3.18. The number of hydrogen-bond donors (Lipinski definition) is 1. The van der Waals surface area contributed by atoms with Gasteiger partial charge in [0.1, 0.15) is 16.1 Å². The van der Waals surface area contributed by atoms with Gasteiger partial charge in [0.2, 0.25) is 0 Å². The predicted octanol–water partition coefficient (Wildman–Crippen LogP) is 2.70. The minimum absolute atomic E-state index is 0.0980. The number of nitrogens with one attached hydrogen (secondary N) is 1. The lowest BCUT2D eigenvalue weighted by molar-refractivity contribution is -0.126. The Hall–Kier alpha value is -1.70. The number of piperidine rings is 1. The lowest BCUT2D eigenvalue weighted by Gasteiger charge is -2.27. The van der Waals surface area contributed by atoms with Crippen LogP contribution < -0.4 is 0 Å². The van der Waals surface area contributed by atoms with Crippen molar-refractivity contribution >= 4 is 33.6 Å². The molecule has 2 aliphatic rings. The molecule has 0 bridgehead atoms. The first-order chi connectivity index (χ1) is 10.9. The Bertz CT molecular complexity index is 669. The van der Waals surface area contributed by atoms with E-state index in [0.717, 1.165) is 23.3 Å². The monoisotopic (exact) mass is 382 g/mol. The average Bonchev–Trinajstić information content (AvgIpc) is 2.96. The maximum atomic E-state index is 13.0. The summed E-state index contributed by atoms with van der Waals surface area (Å²) >= 11 is 3.35.